The van der Waals surface area contributed by atoms with Gasteiger partial charge in [-0.3, -0.25) is 4.99 Å². The Labute approximate surface area is 122 Å². The molecule has 0 bridgehead atoms. The van der Waals surface area contributed by atoms with Gasteiger partial charge in [0.2, 0.25) is 0 Å². The molecule has 1 aliphatic rings. The first-order valence-electron chi connectivity index (χ1n) is 7.82. The highest BCUT2D eigenvalue weighted by molar-refractivity contribution is 5.96. The van der Waals surface area contributed by atoms with Crippen LogP contribution in [0.15, 0.2) is 23.2 Å². The molecule has 1 N–H and O–H groups in total. The summed E-state index contributed by atoms with van der Waals surface area (Å²) in [6.45, 7) is 8.46. The minimum atomic E-state index is -0.693. The van der Waals surface area contributed by atoms with E-state index >= 15 is 0 Å². The summed E-state index contributed by atoms with van der Waals surface area (Å²) in [6, 6.07) is 6.25. The second kappa shape index (κ2) is 6.09. The van der Waals surface area contributed by atoms with Gasteiger partial charge in [-0.05, 0) is 43.7 Å². The second-order valence-electron chi connectivity index (χ2n) is 6.48. The largest absolute Gasteiger partial charge is 0.384 e. The van der Waals surface area contributed by atoms with E-state index in [9.17, 15) is 5.11 Å². The molecule has 0 heterocycles. The molecular weight excluding hydrogens is 246 g/mol. The Bertz CT molecular complexity index is 476. The fourth-order valence-corrected chi connectivity index (χ4v) is 3.27. The van der Waals surface area contributed by atoms with Gasteiger partial charge in [-0.15, -0.1) is 0 Å². The summed E-state index contributed by atoms with van der Waals surface area (Å²) >= 11 is 0. The molecule has 1 aliphatic carbocycles. The van der Waals surface area contributed by atoms with Gasteiger partial charge in [0, 0.05) is 0 Å². The number of para-hydroxylation sites is 1. The van der Waals surface area contributed by atoms with Gasteiger partial charge in [0.15, 0.2) is 0 Å². The SMILES string of the molecule is Cc1cccc(C)c1N=C(C(C)C)C1(O)CCCCC1. The fourth-order valence-electron chi connectivity index (χ4n) is 3.27. The standard InChI is InChI=1S/C18H27NO/c1-13(2)17(18(20)11-6-5-7-12-18)19-16-14(3)9-8-10-15(16)4/h8-10,13,20H,5-7,11-12H2,1-4H3. The summed E-state index contributed by atoms with van der Waals surface area (Å²) in [7, 11) is 0. The van der Waals surface area contributed by atoms with E-state index in [4.69, 9.17) is 4.99 Å². The van der Waals surface area contributed by atoms with Gasteiger partial charge in [-0.25, -0.2) is 0 Å². The van der Waals surface area contributed by atoms with Crippen LogP contribution >= 0.6 is 0 Å². The van der Waals surface area contributed by atoms with E-state index in [0.717, 1.165) is 37.1 Å². The Balaban J connectivity index is 2.45. The fraction of sp³-hybridized carbons (Fsp3) is 0.611. The third-order valence-electron chi connectivity index (χ3n) is 4.38. The number of benzene rings is 1. The zero-order chi connectivity index (χ0) is 14.8. The number of hydrogen-bond donors (Lipinski definition) is 1. The summed E-state index contributed by atoms with van der Waals surface area (Å²) in [6.07, 6.45) is 5.16. The van der Waals surface area contributed by atoms with Crippen molar-refractivity contribution in [1.82, 2.24) is 0 Å². The average molecular weight is 273 g/mol. The van der Waals surface area contributed by atoms with E-state index in [2.05, 4.69) is 45.9 Å². The molecular formula is C18H27NO. The van der Waals surface area contributed by atoms with Crippen molar-refractivity contribution in [2.75, 3.05) is 0 Å². The van der Waals surface area contributed by atoms with Crippen LogP contribution in [0.3, 0.4) is 0 Å². The number of aliphatic imine (C=N–C) groups is 1. The van der Waals surface area contributed by atoms with Gasteiger partial charge in [-0.2, -0.15) is 0 Å². The molecule has 1 fully saturated rings. The monoisotopic (exact) mass is 273 g/mol. The number of aryl methyl sites for hydroxylation is 2. The van der Waals surface area contributed by atoms with Gasteiger partial charge in [-0.1, -0.05) is 51.3 Å². The zero-order valence-electron chi connectivity index (χ0n) is 13.2. The van der Waals surface area contributed by atoms with Gasteiger partial charge in [0.05, 0.1) is 11.4 Å². The maximum atomic E-state index is 11.0. The van der Waals surface area contributed by atoms with Crippen LogP contribution in [0.25, 0.3) is 0 Å². The lowest BCUT2D eigenvalue weighted by Crippen LogP contribution is -2.43. The molecule has 1 aromatic carbocycles. The zero-order valence-corrected chi connectivity index (χ0v) is 13.2. The number of hydrogen-bond acceptors (Lipinski definition) is 2. The molecule has 2 rings (SSSR count). The first kappa shape index (κ1) is 15.2. The van der Waals surface area contributed by atoms with Crippen LogP contribution in [0.2, 0.25) is 0 Å². The summed E-state index contributed by atoms with van der Waals surface area (Å²) in [5.74, 6) is 0.275. The molecule has 20 heavy (non-hydrogen) atoms. The van der Waals surface area contributed by atoms with Gasteiger partial charge < -0.3 is 5.11 Å². The highest BCUT2D eigenvalue weighted by Crippen LogP contribution is 2.34. The molecule has 0 amide bonds. The predicted molar refractivity (Wildman–Crippen MR) is 85.9 cm³/mol. The second-order valence-corrected chi connectivity index (χ2v) is 6.48. The van der Waals surface area contributed by atoms with Crippen molar-refractivity contribution >= 4 is 11.4 Å². The van der Waals surface area contributed by atoms with Crippen molar-refractivity contribution in [2.24, 2.45) is 10.9 Å². The van der Waals surface area contributed by atoms with Crippen LogP contribution in [-0.4, -0.2) is 16.4 Å². The quantitative estimate of drug-likeness (QED) is 0.794. The van der Waals surface area contributed by atoms with Crippen molar-refractivity contribution in [3.05, 3.63) is 29.3 Å². The van der Waals surface area contributed by atoms with Crippen molar-refractivity contribution in [2.45, 2.75) is 65.4 Å². The van der Waals surface area contributed by atoms with Crippen molar-refractivity contribution in [3.63, 3.8) is 0 Å². The third kappa shape index (κ3) is 3.12. The highest BCUT2D eigenvalue weighted by Gasteiger charge is 2.36. The van der Waals surface area contributed by atoms with Crippen molar-refractivity contribution in [1.29, 1.82) is 0 Å². The number of nitrogens with zero attached hydrogens (tertiary/aromatic N) is 1. The number of rotatable bonds is 3. The first-order valence-corrected chi connectivity index (χ1v) is 7.82. The molecule has 0 saturated heterocycles. The molecule has 1 aromatic rings. The van der Waals surface area contributed by atoms with E-state index < -0.39 is 5.60 Å². The van der Waals surface area contributed by atoms with E-state index in [-0.39, 0.29) is 5.92 Å². The van der Waals surface area contributed by atoms with Crippen LogP contribution in [0, 0.1) is 19.8 Å². The normalized spacial score (nSPS) is 19.4. The molecule has 2 nitrogen and oxygen atoms in total. The predicted octanol–water partition coefficient (Wildman–Crippen LogP) is 4.73. The van der Waals surface area contributed by atoms with Crippen LogP contribution in [-0.2, 0) is 0 Å². The molecule has 1 saturated carbocycles. The minimum Gasteiger partial charge on any atom is -0.384 e. The van der Waals surface area contributed by atoms with E-state index in [1.165, 1.54) is 17.5 Å². The third-order valence-corrected chi connectivity index (χ3v) is 4.38. The molecule has 0 aliphatic heterocycles. The Hall–Kier alpha value is -1.15. The summed E-state index contributed by atoms with van der Waals surface area (Å²) in [4.78, 5) is 4.92. The molecule has 0 atom stereocenters. The van der Waals surface area contributed by atoms with Gasteiger partial charge in [0.1, 0.15) is 5.60 Å². The van der Waals surface area contributed by atoms with Crippen LogP contribution in [0.5, 0.6) is 0 Å². The molecule has 2 heteroatoms. The smallest absolute Gasteiger partial charge is 0.103 e. The summed E-state index contributed by atoms with van der Waals surface area (Å²) in [5.41, 5.74) is 3.68. The van der Waals surface area contributed by atoms with Crippen LogP contribution < -0.4 is 0 Å². The molecule has 0 unspecified atom stereocenters. The number of aliphatic hydroxyl groups is 1. The maximum absolute atomic E-state index is 11.0. The minimum absolute atomic E-state index is 0.275. The Morgan fingerprint density at radius 1 is 1.10 bits per heavy atom. The van der Waals surface area contributed by atoms with Crippen molar-refractivity contribution < 1.29 is 5.11 Å². The molecule has 0 radical (unpaired) electrons. The molecule has 110 valence electrons. The average Bonchev–Trinajstić information content (AvgIpc) is 2.38. The summed E-state index contributed by atoms with van der Waals surface area (Å²) < 4.78 is 0. The Kier molecular flexibility index (Phi) is 4.64. The lowest BCUT2D eigenvalue weighted by Gasteiger charge is -2.35. The Morgan fingerprint density at radius 2 is 1.65 bits per heavy atom. The van der Waals surface area contributed by atoms with E-state index in [0.29, 0.717) is 0 Å². The van der Waals surface area contributed by atoms with Crippen molar-refractivity contribution in [3.8, 4) is 0 Å². The molecule has 0 aromatic heterocycles. The highest BCUT2D eigenvalue weighted by atomic mass is 16.3. The maximum Gasteiger partial charge on any atom is 0.103 e. The van der Waals surface area contributed by atoms with Crippen LogP contribution in [0.1, 0.15) is 57.1 Å². The topological polar surface area (TPSA) is 32.6 Å². The summed E-state index contributed by atoms with van der Waals surface area (Å²) in [5, 5.41) is 11.0. The Morgan fingerprint density at radius 3 is 2.15 bits per heavy atom. The van der Waals surface area contributed by atoms with Crippen LogP contribution in [0.4, 0.5) is 5.69 Å². The van der Waals surface area contributed by atoms with E-state index in [1.54, 1.807) is 0 Å². The molecule has 0 spiro atoms. The van der Waals surface area contributed by atoms with Gasteiger partial charge >= 0.3 is 0 Å². The van der Waals surface area contributed by atoms with Gasteiger partial charge in [0.25, 0.3) is 0 Å². The first-order chi connectivity index (χ1) is 9.44. The lowest BCUT2D eigenvalue weighted by molar-refractivity contribution is 0.0668. The van der Waals surface area contributed by atoms with E-state index in [1.807, 2.05) is 0 Å². The lowest BCUT2D eigenvalue weighted by atomic mass is 9.77.